The number of amides is 1. The lowest BCUT2D eigenvalue weighted by Crippen LogP contribution is -2.41. The number of aromatic nitrogens is 1. The van der Waals surface area contributed by atoms with E-state index in [4.69, 9.17) is 9.47 Å². The van der Waals surface area contributed by atoms with Gasteiger partial charge in [0.15, 0.2) is 0 Å². The number of rotatable bonds is 6. The summed E-state index contributed by atoms with van der Waals surface area (Å²) in [7, 11) is 1.63. The third-order valence-corrected chi connectivity index (χ3v) is 4.76. The van der Waals surface area contributed by atoms with E-state index in [1.807, 2.05) is 24.3 Å². The van der Waals surface area contributed by atoms with Gasteiger partial charge in [0.1, 0.15) is 16.5 Å². The fourth-order valence-corrected chi connectivity index (χ4v) is 3.31. The molecule has 1 aromatic carbocycles. The molecule has 1 aliphatic rings. The molecule has 128 valence electrons. The quantitative estimate of drug-likeness (QED) is 0.864. The van der Waals surface area contributed by atoms with Crippen LogP contribution in [-0.2, 0) is 4.74 Å². The van der Waals surface area contributed by atoms with Crippen LogP contribution in [0, 0.1) is 0 Å². The fraction of sp³-hybridized carbons (Fsp3) is 0.412. The predicted molar refractivity (Wildman–Crippen MR) is 93.7 cm³/mol. The number of methoxy groups -OCH3 is 1. The van der Waals surface area contributed by atoms with Crippen LogP contribution in [0.5, 0.6) is 5.75 Å². The number of nitrogens with zero attached hydrogens (tertiary/aromatic N) is 2. The summed E-state index contributed by atoms with van der Waals surface area (Å²) in [5.74, 6) is 0.646. The van der Waals surface area contributed by atoms with Gasteiger partial charge in [0.25, 0.3) is 5.91 Å². The van der Waals surface area contributed by atoms with Crippen LogP contribution in [0.4, 0.5) is 0 Å². The molecule has 6 nitrogen and oxygen atoms in total. The van der Waals surface area contributed by atoms with Crippen LogP contribution in [0.3, 0.4) is 0 Å². The summed E-state index contributed by atoms with van der Waals surface area (Å²) in [5, 5.41) is 5.53. The van der Waals surface area contributed by atoms with Gasteiger partial charge in [-0.3, -0.25) is 9.69 Å². The van der Waals surface area contributed by atoms with Gasteiger partial charge >= 0.3 is 0 Å². The molecule has 1 N–H and O–H groups in total. The molecule has 2 heterocycles. The summed E-state index contributed by atoms with van der Waals surface area (Å²) in [5.41, 5.74) is 1.41. The predicted octanol–water partition coefficient (Wildman–Crippen LogP) is 1.88. The van der Waals surface area contributed by atoms with Crippen molar-refractivity contribution < 1.29 is 14.3 Å². The maximum atomic E-state index is 12.2. The summed E-state index contributed by atoms with van der Waals surface area (Å²) in [6.07, 6.45) is 0. The van der Waals surface area contributed by atoms with E-state index in [2.05, 4.69) is 15.2 Å². The van der Waals surface area contributed by atoms with Crippen LogP contribution in [-0.4, -0.2) is 62.3 Å². The van der Waals surface area contributed by atoms with E-state index in [0.717, 1.165) is 49.2 Å². The SMILES string of the molecule is COc1cccc(-c2nc(C(=O)NCCN3CCOCC3)cs2)c1. The van der Waals surface area contributed by atoms with Crippen molar-refractivity contribution >= 4 is 17.2 Å². The Morgan fingerprint density at radius 3 is 3.04 bits per heavy atom. The number of hydrogen-bond donors (Lipinski definition) is 1. The van der Waals surface area contributed by atoms with Crippen LogP contribution in [0.15, 0.2) is 29.6 Å². The number of benzene rings is 1. The first kappa shape index (κ1) is 16.9. The minimum absolute atomic E-state index is 0.131. The first-order valence-corrected chi connectivity index (χ1v) is 8.82. The fourth-order valence-electron chi connectivity index (χ4n) is 2.51. The first-order valence-electron chi connectivity index (χ1n) is 7.94. The van der Waals surface area contributed by atoms with Crippen molar-refractivity contribution in [3.05, 3.63) is 35.3 Å². The molecule has 1 aromatic heterocycles. The summed E-state index contributed by atoms with van der Waals surface area (Å²) in [6.45, 7) is 4.83. The van der Waals surface area contributed by atoms with Gasteiger partial charge in [0.2, 0.25) is 0 Å². The second kappa shape index (κ2) is 8.23. The lowest BCUT2D eigenvalue weighted by molar-refractivity contribution is 0.0383. The zero-order valence-electron chi connectivity index (χ0n) is 13.7. The number of ether oxygens (including phenoxy) is 2. The highest BCUT2D eigenvalue weighted by Crippen LogP contribution is 2.26. The molecule has 1 amide bonds. The molecule has 0 atom stereocenters. The molecule has 0 bridgehead atoms. The monoisotopic (exact) mass is 347 g/mol. The Bertz CT molecular complexity index is 683. The maximum absolute atomic E-state index is 12.2. The van der Waals surface area contributed by atoms with Gasteiger partial charge in [-0.1, -0.05) is 12.1 Å². The highest BCUT2D eigenvalue weighted by Gasteiger charge is 2.14. The standard InChI is InChI=1S/C17H21N3O3S/c1-22-14-4-2-3-13(11-14)17-19-15(12-24-17)16(21)18-5-6-20-7-9-23-10-8-20/h2-4,11-12H,5-10H2,1H3,(H,18,21). The van der Waals surface area contributed by atoms with Crippen LogP contribution < -0.4 is 10.1 Å². The normalized spacial score (nSPS) is 15.2. The molecule has 24 heavy (non-hydrogen) atoms. The highest BCUT2D eigenvalue weighted by atomic mass is 32.1. The molecular weight excluding hydrogens is 326 g/mol. The summed E-state index contributed by atoms with van der Waals surface area (Å²) < 4.78 is 10.5. The van der Waals surface area contributed by atoms with Gasteiger partial charge in [-0.25, -0.2) is 4.98 Å². The molecule has 0 unspecified atom stereocenters. The number of thiazole rings is 1. The Morgan fingerprint density at radius 1 is 1.42 bits per heavy atom. The van der Waals surface area contributed by atoms with Crippen molar-refractivity contribution in [2.75, 3.05) is 46.5 Å². The summed E-state index contributed by atoms with van der Waals surface area (Å²) in [4.78, 5) is 18.9. The molecule has 0 aliphatic carbocycles. The van der Waals surface area contributed by atoms with Gasteiger partial charge < -0.3 is 14.8 Å². The number of morpholine rings is 1. The number of nitrogens with one attached hydrogen (secondary N) is 1. The maximum Gasteiger partial charge on any atom is 0.270 e. The average Bonchev–Trinajstić information content (AvgIpc) is 3.13. The summed E-state index contributed by atoms with van der Waals surface area (Å²) >= 11 is 1.46. The second-order valence-corrected chi connectivity index (χ2v) is 6.34. The Hall–Kier alpha value is -1.96. The average molecular weight is 347 g/mol. The van der Waals surface area contributed by atoms with Crippen LogP contribution in [0.1, 0.15) is 10.5 Å². The van der Waals surface area contributed by atoms with Crippen LogP contribution >= 0.6 is 11.3 Å². The molecule has 0 spiro atoms. The van der Waals surface area contributed by atoms with E-state index in [0.29, 0.717) is 12.2 Å². The van der Waals surface area contributed by atoms with E-state index in [1.165, 1.54) is 11.3 Å². The van der Waals surface area contributed by atoms with E-state index in [9.17, 15) is 4.79 Å². The zero-order valence-corrected chi connectivity index (χ0v) is 14.5. The van der Waals surface area contributed by atoms with Gasteiger partial charge in [-0.2, -0.15) is 0 Å². The van der Waals surface area contributed by atoms with E-state index < -0.39 is 0 Å². The minimum atomic E-state index is -0.131. The smallest absolute Gasteiger partial charge is 0.270 e. The minimum Gasteiger partial charge on any atom is -0.497 e. The third kappa shape index (κ3) is 4.31. The van der Waals surface area contributed by atoms with Gasteiger partial charge in [-0.15, -0.1) is 11.3 Å². The van der Waals surface area contributed by atoms with E-state index in [1.54, 1.807) is 12.5 Å². The summed E-state index contributed by atoms with van der Waals surface area (Å²) in [6, 6.07) is 7.68. The van der Waals surface area contributed by atoms with Gasteiger partial charge in [0, 0.05) is 37.1 Å². The van der Waals surface area contributed by atoms with Gasteiger partial charge in [-0.05, 0) is 12.1 Å². The first-order chi connectivity index (χ1) is 11.8. The largest absolute Gasteiger partial charge is 0.497 e. The van der Waals surface area contributed by atoms with Crippen LogP contribution in [0.25, 0.3) is 10.6 Å². The highest BCUT2D eigenvalue weighted by molar-refractivity contribution is 7.13. The molecule has 1 fully saturated rings. The Kier molecular flexibility index (Phi) is 5.79. The molecule has 1 aliphatic heterocycles. The van der Waals surface area contributed by atoms with Crippen molar-refractivity contribution in [2.24, 2.45) is 0 Å². The number of carbonyl (C=O) groups excluding carboxylic acids is 1. The lowest BCUT2D eigenvalue weighted by atomic mass is 10.2. The molecule has 0 saturated carbocycles. The molecule has 2 aromatic rings. The number of hydrogen-bond acceptors (Lipinski definition) is 6. The topological polar surface area (TPSA) is 63.7 Å². The zero-order chi connectivity index (χ0) is 16.8. The Morgan fingerprint density at radius 2 is 2.25 bits per heavy atom. The lowest BCUT2D eigenvalue weighted by Gasteiger charge is -2.26. The Labute approximate surface area is 145 Å². The van der Waals surface area contributed by atoms with Crippen molar-refractivity contribution in [1.29, 1.82) is 0 Å². The second-order valence-electron chi connectivity index (χ2n) is 5.48. The number of carbonyl (C=O) groups is 1. The van der Waals surface area contributed by atoms with Gasteiger partial charge in [0.05, 0.1) is 20.3 Å². The molecule has 3 rings (SSSR count). The molecule has 0 radical (unpaired) electrons. The Balaban J connectivity index is 1.55. The third-order valence-electron chi connectivity index (χ3n) is 3.87. The van der Waals surface area contributed by atoms with Crippen molar-refractivity contribution in [3.8, 4) is 16.3 Å². The van der Waals surface area contributed by atoms with Crippen LogP contribution in [0.2, 0.25) is 0 Å². The molecular formula is C17H21N3O3S. The molecule has 7 heteroatoms. The van der Waals surface area contributed by atoms with E-state index in [-0.39, 0.29) is 5.91 Å². The van der Waals surface area contributed by atoms with E-state index >= 15 is 0 Å². The molecule has 1 saturated heterocycles. The van der Waals surface area contributed by atoms with Crippen molar-refractivity contribution in [3.63, 3.8) is 0 Å². The van der Waals surface area contributed by atoms with Crippen molar-refractivity contribution in [2.45, 2.75) is 0 Å². The van der Waals surface area contributed by atoms with Crippen molar-refractivity contribution in [1.82, 2.24) is 15.2 Å².